The number of rotatable bonds is 4. The molecule has 2 aromatic rings. The monoisotopic (exact) mass is 342 g/mol. The van der Waals surface area contributed by atoms with Gasteiger partial charge in [0.2, 0.25) is 5.88 Å². The molecular formula is C19H19FN2O3. The van der Waals surface area contributed by atoms with Crippen molar-refractivity contribution in [2.45, 2.75) is 20.0 Å². The molecule has 3 rings (SSSR count). The Balaban J connectivity index is 1.68. The molecule has 0 spiro atoms. The van der Waals surface area contributed by atoms with Crippen molar-refractivity contribution >= 4 is 11.7 Å². The maximum Gasteiger partial charge on any atom is 0.407 e. The zero-order chi connectivity index (χ0) is 17.8. The van der Waals surface area contributed by atoms with Gasteiger partial charge in [-0.15, -0.1) is 0 Å². The maximum absolute atomic E-state index is 13.9. The minimum Gasteiger partial charge on any atom is -0.473 e. The number of benzene rings is 1. The summed E-state index contributed by atoms with van der Waals surface area (Å²) in [5.41, 5.74) is 3.09. The van der Waals surface area contributed by atoms with E-state index in [1.807, 2.05) is 31.2 Å². The zero-order valence-electron chi connectivity index (χ0n) is 13.9. The van der Waals surface area contributed by atoms with Gasteiger partial charge in [-0.2, -0.15) is 0 Å². The molecule has 0 radical (unpaired) electrons. The second-order valence-corrected chi connectivity index (χ2v) is 5.95. The van der Waals surface area contributed by atoms with Crippen molar-refractivity contribution in [1.29, 1.82) is 0 Å². The van der Waals surface area contributed by atoms with Crippen LogP contribution in [-0.4, -0.2) is 34.2 Å². The molecule has 25 heavy (non-hydrogen) atoms. The van der Waals surface area contributed by atoms with Crippen molar-refractivity contribution in [3.8, 4) is 5.88 Å². The third kappa shape index (κ3) is 4.15. The van der Waals surface area contributed by atoms with Gasteiger partial charge in [-0.3, -0.25) is 0 Å². The van der Waals surface area contributed by atoms with E-state index in [2.05, 4.69) is 4.98 Å². The summed E-state index contributed by atoms with van der Waals surface area (Å²) in [4.78, 5) is 16.8. The first-order valence-corrected chi connectivity index (χ1v) is 8.05. The molecule has 0 aliphatic carbocycles. The number of hydrogen-bond acceptors (Lipinski definition) is 3. The summed E-state index contributed by atoms with van der Waals surface area (Å²) in [5.74, 6) is 0.124. The number of nitrogens with zero attached hydrogens (tertiary/aromatic N) is 2. The van der Waals surface area contributed by atoms with E-state index >= 15 is 0 Å². The standard InChI is InChI=1S/C19H19FN2O3/c1-13-5-6-15(16(20)11-13)12-25-18-4-2-3-17(21-18)14-7-9-22(10-8-14)19(23)24/h2-7,11H,8-10,12H2,1H3,(H,23,24). The molecule has 130 valence electrons. The second-order valence-electron chi connectivity index (χ2n) is 5.95. The van der Waals surface area contributed by atoms with Gasteiger partial charge in [0, 0.05) is 24.7 Å². The Labute approximate surface area is 145 Å². The van der Waals surface area contributed by atoms with Gasteiger partial charge in [-0.05, 0) is 36.6 Å². The number of hydrogen-bond donors (Lipinski definition) is 1. The minimum absolute atomic E-state index is 0.106. The normalized spacial score (nSPS) is 14.2. The number of halogens is 1. The average molecular weight is 342 g/mol. The van der Waals surface area contributed by atoms with Gasteiger partial charge >= 0.3 is 6.09 Å². The highest BCUT2D eigenvalue weighted by molar-refractivity contribution is 5.70. The van der Waals surface area contributed by atoms with E-state index in [0.29, 0.717) is 31.0 Å². The Morgan fingerprint density at radius 2 is 2.20 bits per heavy atom. The van der Waals surface area contributed by atoms with Crippen LogP contribution in [0.15, 0.2) is 42.5 Å². The molecule has 1 amide bonds. The molecule has 0 bridgehead atoms. The summed E-state index contributed by atoms with van der Waals surface area (Å²) in [6.07, 6.45) is 1.55. The molecule has 1 N–H and O–H groups in total. The first-order valence-electron chi connectivity index (χ1n) is 8.05. The Bertz CT molecular complexity index is 820. The third-order valence-corrected chi connectivity index (χ3v) is 4.12. The molecule has 0 fully saturated rings. The third-order valence-electron chi connectivity index (χ3n) is 4.12. The minimum atomic E-state index is -0.916. The van der Waals surface area contributed by atoms with E-state index in [9.17, 15) is 9.18 Å². The van der Waals surface area contributed by atoms with Crippen molar-refractivity contribution in [3.05, 3.63) is 65.1 Å². The largest absolute Gasteiger partial charge is 0.473 e. The van der Waals surface area contributed by atoms with Gasteiger partial charge < -0.3 is 14.7 Å². The molecular weight excluding hydrogens is 323 g/mol. The van der Waals surface area contributed by atoms with Crippen molar-refractivity contribution in [1.82, 2.24) is 9.88 Å². The van der Waals surface area contributed by atoms with Crippen LogP contribution in [0.4, 0.5) is 9.18 Å². The summed E-state index contributed by atoms with van der Waals surface area (Å²) < 4.78 is 19.5. The van der Waals surface area contributed by atoms with Crippen molar-refractivity contribution in [2.24, 2.45) is 0 Å². The highest BCUT2D eigenvalue weighted by Crippen LogP contribution is 2.23. The fourth-order valence-corrected chi connectivity index (χ4v) is 2.67. The van der Waals surface area contributed by atoms with Crippen LogP contribution in [-0.2, 0) is 6.61 Å². The van der Waals surface area contributed by atoms with E-state index in [4.69, 9.17) is 9.84 Å². The van der Waals surface area contributed by atoms with Crippen LogP contribution in [0.3, 0.4) is 0 Å². The molecule has 1 aromatic heterocycles. The summed E-state index contributed by atoms with van der Waals surface area (Å²) in [5, 5.41) is 8.99. The Hall–Kier alpha value is -2.89. The van der Waals surface area contributed by atoms with Crippen molar-refractivity contribution in [2.75, 3.05) is 13.1 Å². The van der Waals surface area contributed by atoms with Gasteiger partial charge in [0.05, 0.1) is 5.69 Å². The molecule has 0 atom stereocenters. The van der Waals surface area contributed by atoms with Crippen LogP contribution < -0.4 is 4.74 Å². The lowest BCUT2D eigenvalue weighted by Gasteiger charge is -2.23. The molecule has 1 aromatic carbocycles. The highest BCUT2D eigenvalue weighted by Gasteiger charge is 2.17. The van der Waals surface area contributed by atoms with E-state index in [1.54, 1.807) is 12.1 Å². The SMILES string of the molecule is Cc1ccc(COc2cccc(C3=CCN(C(=O)O)CC3)n2)c(F)c1. The Kier molecular flexibility index (Phi) is 4.97. The lowest BCUT2D eigenvalue weighted by Crippen LogP contribution is -2.33. The fraction of sp³-hybridized carbons (Fsp3) is 0.263. The second kappa shape index (κ2) is 7.34. The van der Waals surface area contributed by atoms with Crippen molar-refractivity contribution < 1.29 is 19.0 Å². The lowest BCUT2D eigenvalue weighted by molar-refractivity contribution is 0.150. The number of carboxylic acid groups (broad SMARTS) is 1. The topological polar surface area (TPSA) is 62.7 Å². The molecule has 0 unspecified atom stereocenters. The Morgan fingerprint density at radius 3 is 2.88 bits per heavy atom. The predicted octanol–water partition coefficient (Wildman–Crippen LogP) is 3.88. The predicted molar refractivity (Wildman–Crippen MR) is 91.9 cm³/mol. The summed E-state index contributed by atoms with van der Waals surface area (Å²) in [6.45, 7) is 2.74. The number of aryl methyl sites for hydroxylation is 1. The lowest BCUT2D eigenvalue weighted by atomic mass is 10.0. The summed E-state index contributed by atoms with van der Waals surface area (Å²) in [7, 11) is 0. The van der Waals surface area contributed by atoms with Gasteiger partial charge in [0.1, 0.15) is 12.4 Å². The maximum atomic E-state index is 13.9. The molecule has 1 aliphatic heterocycles. The van der Waals surface area contributed by atoms with Gasteiger partial charge in [-0.1, -0.05) is 24.3 Å². The number of amides is 1. The van der Waals surface area contributed by atoms with Gasteiger partial charge in [0.25, 0.3) is 0 Å². The van der Waals surface area contributed by atoms with Crippen molar-refractivity contribution in [3.63, 3.8) is 0 Å². The summed E-state index contributed by atoms with van der Waals surface area (Å²) >= 11 is 0. The van der Waals surface area contributed by atoms with Crippen LogP contribution in [0.1, 0.15) is 23.2 Å². The molecule has 2 heterocycles. The smallest absolute Gasteiger partial charge is 0.407 e. The zero-order valence-corrected chi connectivity index (χ0v) is 13.9. The summed E-state index contributed by atoms with van der Waals surface area (Å²) in [6, 6.07) is 10.4. The molecule has 0 saturated heterocycles. The van der Waals surface area contributed by atoms with E-state index in [1.165, 1.54) is 11.0 Å². The van der Waals surface area contributed by atoms with E-state index in [0.717, 1.165) is 16.8 Å². The van der Waals surface area contributed by atoms with Crippen LogP contribution in [0, 0.1) is 12.7 Å². The number of ether oxygens (including phenoxy) is 1. The van der Waals surface area contributed by atoms with Gasteiger partial charge in [0.15, 0.2) is 0 Å². The first kappa shape index (κ1) is 17.0. The van der Waals surface area contributed by atoms with E-state index < -0.39 is 6.09 Å². The number of pyridine rings is 1. The number of aromatic nitrogens is 1. The number of carbonyl (C=O) groups is 1. The van der Waals surface area contributed by atoms with E-state index in [-0.39, 0.29) is 12.4 Å². The van der Waals surface area contributed by atoms with Crippen LogP contribution in [0.2, 0.25) is 0 Å². The van der Waals surface area contributed by atoms with Crippen LogP contribution in [0.25, 0.3) is 5.57 Å². The van der Waals surface area contributed by atoms with Crippen LogP contribution >= 0.6 is 0 Å². The highest BCUT2D eigenvalue weighted by atomic mass is 19.1. The molecule has 1 aliphatic rings. The Morgan fingerprint density at radius 1 is 1.36 bits per heavy atom. The quantitative estimate of drug-likeness (QED) is 0.916. The van der Waals surface area contributed by atoms with Gasteiger partial charge in [-0.25, -0.2) is 14.2 Å². The first-order chi connectivity index (χ1) is 12.0. The average Bonchev–Trinajstić information content (AvgIpc) is 2.61. The molecule has 6 heteroatoms. The van der Waals surface area contributed by atoms with Crippen LogP contribution in [0.5, 0.6) is 5.88 Å². The molecule has 5 nitrogen and oxygen atoms in total. The molecule has 0 saturated carbocycles. The fourth-order valence-electron chi connectivity index (χ4n) is 2.67.